The van der Waals surface area contributed by atoms with Gasteiger partial charge in [0.05, 0.1) is 12.8 Å². The average Bonchev–Trinajstić information content (AvgIpc) is 1.75. The summed E-state index contributed by atoms with van der Waals surface area (Å²) >= 11 is 6.26. The zero-order chi connectivity index (χ0) is 72.9. The lowest BCUT2D eigenvalue weighted by Crippen LogP contribution is -2.61. The van der Waals surface area contributed by atoms with Gasteiger partial charge in [-0.3, -0.25) is 62.5 Å². The number of carbonyl (C=O) groups excluding carboxylic acids is 12. The Balaban J connectivity index is 1.21. The molecule has 12 amide bonds. The summed E-state index contributed by atoms with van der Waals surface area (Å²) in [7, 11) is 0. The number of nitrogens with two attached hydrogens (primary N) is 2. The summed E-state index contributed by atoms with van der Waals surface area (Å²) in [5, 5.41) is 43.1. The molecule has 0 unspecified atom stereocenters. The third-order valence-electron chi connectivity index (χ3n) is 17.6. The molecule has 4 aliphatic rings. The van der Waals surface area contributed by atoms with Crippen LogP contribution in [0.1, 0.15) is 102 Å². The number of nitrogens with zero attached hydrogens (tertiary/aromatic N) is 2. The normalized spacial score (nSPS) is 22.4. The summed E-state index contributed by atoms with van der Waals surface area (Å²) in [5.41, 5.74) is 13.0. The molecule has 29 nitrogen and oxygen atoms in total. The summed E-state index contributed by atoms with van der Waals surface area (Å²) in [6.07, 6.45) is -2.18. The van der Waals surface area contributed by atoms with Crippen molar-refractivity contribution >= 4 is 116 Å². The van der Waals surface area contributed by atoms with Gasteiger partial charge in [-0.2, -0.15) is 0 Å². The first-order chi connectivity index (χ1) is 48.3. The van der Waals surface area contributed by atoms with Gasteiger partial charge in [0.15, 0.2) is 5.96 Å². The Morgan fingerprint density at radius 1 is 0.604 bits per heavy atom. The van der Waals surface area contributed by atoms with Gasteiger partial charge >= 0.3 is 5.97 Å². The summed E-state index contributed by atoms with van der Waals surface area (Å²) in [6.45, 7) is 3.79. The maximum Gasteiger partial charge on any atom is 0.328 e. The Morgan fingerprint density at radius 2 is 1.19 bits per heavy atom. The largest absolute Gasteiger partial charge is 0.480 e. The number of rotatable bonds is 18. The lowest BCUT2D eigenvalue weighted by Gasteiger charge is -2.31. The van der Waals surface area contributed by atoms with Gasteiger partial charge in [-0.1, -0.05) is 123 Å². The maximum atomic E-state index is 15.2. The number of carboxylic acid groups (broad SMARTS) is 1. The number of aliphatic imine (C=N–C) groups is 1. The van der Waals surface area contributed by atoms with Crippen molar-refractivity contribution in [1.82, 2.24) is 63.4 Å². The highest BCUT2D eigenvalue weighted by Crippen LogP contribution is 2.23. The summed E-state index contributed by atoms with van der Waals surface area (Å²) in [5.74, 6) is -13.4. The third kappa shape index (κ3) is 22.7. The number of fused-ring (bicyclic) bond motifs is 27. The van der Waals surface area contributed by atoms with Crippen molar-refractivity contribution in [3.05, 3.63) is 131 Å². The molecule has 538 valence electrons. The number of nitrogens with one attached hydrogen (secondary N) is 11. The number of carbonyl (C=O) groups is 13. The van der Waals surface area contributed by atoms with Crippen molar-refractivity contribution in [3.63, 3.8) is 0 Å². The van der Waals surface area contributed by atoms with E-state index < -0.39 is 157 Å². The highest BCUT2D eigenvalue weighted by Gasteiger charge is 2.41. The molecule has 0 aliphatic carbocycles. The molecule has 0 saturated carbocycles. The first-order valence-electron chi connectivity index (χ1n) is 33.8. The van der Waals surface area contributed by atoms with Crippen LogP contribution in [0, 0.1) is 5.92 Å². The Morgan fingerprint density at radius 3 is 1.85 bits per heavy atom. The van der Waals surface area contributed by atoms with Crippen LogP contribution < -0.4 is 70.0 Å². The number of guanidine groups is 1. The molecular weight excluding hydrogens is 1320 g/mol. The summed E-state index contributed by atoms with van der Waals surface area (Å²) < 4.78 is 0. The van der Waals surface area contributed by atoms with Gasteiger partial charge < -0.3 is 80.0 Å². The number of carboxylic acids is 1. The van der Waals surface area contributed by atoms with Crippen molar-refractivity contribution < 1.29 is 67.4 Å². The van der Waals surface area contributed by atoms with Crippen molar-refractivity contribution in [2.75, 3.05) is 26.2 Å². The lowest BCUT2D eigenvalue weighted by molar-refractivity contribution is -0.145. The number of hydrogen-bond acceptors (Lipinski definition) is 14. The molecule has 0 aromatic heterocycles. The molecule has 16 N–H and O–H groups in total. The summed E-state index contributed by atoms with van der Waals surface area (Å²) in [4.78, 5) is 194. The van der Waals surface area contributed by atoms with Crippen LogP contribution in [0.3, 0.4) is 0 Å². The van der Waals surface area contributed by atoms with Crippen LogP contribution in [0.5, 0.6) is 0 Å². The second-order valence-corrected chi connectivity index (χ2v) is 26.4. The zero-order valence-electron chi connectivity index (χ0n) is 56.4. The quantitative estimate of drug-likeness (QED) is 0.0245. The molecule has 4 aliphatic heterocycles. The van der Waals surface area contributed by atoms with Crippen LogP contribution in [-0.2, 0) is 81.6 Å². The molecule has 5 aromatic rings. The monoisotopic (exact) mass is 1410 g/mol. The minimum atomic E-state index is -2.06. The summed E-state index contributed by atoms with van der Waals surface area (Å²) in [6, 6.07) is 16.2. The Labute approximate surface area is 588 Å². The fourth-order valence-corrected chi connectivity index (χ4v) is 12.5. The van der Waals surface area contributed by atoms with E-state index in [0.717, 1.165) is 21.5 Å². The van der Waals surface area contributed by atoms with E-state index in [4.69, 9.17) is 23.1 Å². The SMILES string of the molecule is CC(=O)N[C@H](Cc1ccc2ccccc2c1)C(=O)N[C@H](Cc1ccc(Cl)cc1)C(=O)N[C@@H]1CC(=O)NCCCC[C@@H]2NC(=O)[C@H](CC(C)C)NC(=O)[C@@H](Cc3ccc4ccccc4c3)NC(=O)[C@H](CCCN=C(N)N)NC(=O)[C@H](CC(=O)NC[C@@H](C(=O)O)NC(=O)[C@@H]3CCCN3C2=O)NC1=O. The van der Waals surface area contributed by atoms with Crippen LogP contribution in [-0.4, -0.2) is 179 Å². The third-order valence-corrected chi connectivity index (χ3v) is 17.8. The Kier molecular flexibility index (Phi) is 27.4. The van der Waals surface area contributed by atoms with Gasteiger partial charge in [-0.25, -0.2) is 4.79 Å². The highest BCUT2D eigenvalue weighted by atomic mass is 35.5. The van der Waals surface area contributed by atoms with Gasteiger partial charge in [-0.05, 0) is 108 Å². The van der Waals surface area contributed by atoms with E-state index >= 15 is 24.0 Å². The van der Waals surface area contributed by atoms with Crippen LogP contribution in [0.15, 0.2) is 114 Å². The van der Waals surface area contributed by atoms with Crippen molar-refractivity contribution in [2.24, 2.45) is 22.4 Å². The molecule has 9 rings (SSSR count). The van der Waals surface area contributed by atoms with Crippen LogP contribution in [0.4, 0.5) is 0 Å². The number of aliphatic carboxylic acids is 1. The topological polar surface area (TPSA) is 442 Å². The maximum absolute atomic E-state index is 15.2. The molecule has 101 heavy (non-hydrogen) atoms. The number of halogens is 1. The Hall–Kier alpha value is -10.7. The first kappa shape index (κ1) is 76.1. The van der Waals surface area contributed by atoms with Gasteiger partial charge in [0.25, 0.3) is 0 Å². The van der Waals surface area contributed by atoms with Crippen molar-refractivity contribution in [3.8, 4) is 0 Å². The number of benzene rings is 5. The number of hydrogen-bond donors (Lipinski definition) is 14. The zero-order valence-corrected chi connectivity index (χ0v) is 57.2. The minimum Gasteiger partial charge on any atom is -0.480 e. The van der Waals surface area contributed by atoms with E-state index in [0.29, 0.717) is 28.1 Å². The average molecular weight is 1410 g/mol. The van der Waals surface area contributed by atoms with Crippen LogP contribution in [0.2, 0.25) is 5.02 Å². The molecule has 2 bridgehead atoms. The molecule has 10 atom stereocenters. The van der Waals surface area contributed by atoms with E-state index in [-0.39, 0.29) is 95.7 Å². The molecule has 30 heteroatoms. The van der Waals surface area contributed by atoms with Crippen LogP contribution >= 0.6 is 11.6 Å². The van der Waals surface area contributed by atoms with E-state index in [1.165, 1.54) is 24.0 Å². The predicted molar refractivity (Wildman–Crippen MR) is 374 cm³/mol. The highest BCUT2D eigenvalue weighted by molar-refractivity contribution is 6.30. The van der Waals surface area contributed by atoms with E-state index in [1.54, 1.807) is 38.1 Å². The van der Waals surface area contributed by atoms with Crippen LogP contribution in [0.25, 0.3) is 21.5 Å². The second-order valence-electron chi connectivity index (χ2n) is 26.0. The van der Waals surface area contributed by atoms with Gasteiger partial charge in [0.1, 0.15) is 60.4 Å². The molecular formula is C71H88ClN15O14. The molecule has 4 heterocycles. The van der Waals surface area contributed by atoms with Gasteiger partial charge in [0, 0.05) is 57.4 Å². The Bertz CT molecular complexity index is 3930. The molecule has 0 spiro atoms. The predicted octanol–water partition coefficient (Wildman–Crippen LogP) is 0.443. The van der Waals surface area contributed by atoms with Crippen molar-refractivity contribution in [1.29, 1.82) is 0 Å². The molecule has 4 fully saturated rings. The molecule has 4 saturated heterocycles. The number of amides is 12. The lowest BCUT2D eigenvalue weighted by atomic mass is 9.98. The van der Waals surface area contributed by atoms with Gasteiger partial charge in [0.2, 0.25) is 70.9 Å². The fourth-order valence-electron chi connectivity index (χ4n) is 12.4. The fraction of sp³-hybridized carbons (Fsp3) is 0.437. The standard InChI is InChI=1S/C71H88ClN15O14/c1-39(2)30-51-62(92)80-50-16-8-9-27-75-59(89)36-55(84-64(94)53(33-41-21-25-48(72)26-22-41)83-63(93)52(78-40(3)88)34-42-19-23-44-12-4-6-14-46(44)31-42)67(97)85-56(37-60(90)77-38-57(70(100)101)86-68(98)58-18-11-29-87(58)69(50)99)66(96)79-49(17-10-28-76-71(73)74)61(91)82-54(65(95)81-51)35-43-20-24-45-13-5-7-15-47(45)32-43/h4-7,12-15,19-26,31-32,39,49-58H,8-11,16-18,27-30,33-38H2,1-3H3,(H,75,89)(H,77,90)(H,78,88)(H,79,96)(H,80,92)(H,81,95)(H,82,91)(H,83,93)(H,84,94)(H,85,97)(H,86,98)(H,100,101)(H4,73,74,76)/t49-,50-,51-,52+,53+,54+,55+,56-,57-,58-/m0/s1. The van der Waals surface area contributed by atoms with E-state index in [1.807, 2.05) is 72.8 Å². The smallest absolute Gasteiger partial charge is 0.328 e. The van der Waals surface area contributed by atoms with E-state index in [2.05, 4.69) is 63.5 Å². The molecule has 5 aromatic carbocycles. The molecule has 0 radical (unpaired) electrons. The second kappa shape index (κ2) is 36.4. The van der Waals surface area contributed by atoms with E-state index in [9.17, 15) is 43.5 Å². The first-order valence-corrected chi connectivity index (χ1v) is 34.2. The van der Waals surface area contributed by atoms with Gasteiger partial charge in [-0.15, -0.1) is 0 Å². The minimum absolute atomic E-state index is 0.0101. The van der Waals surface area contributed by atoms with Crippen molar-refractivity contribution in [2.45, 2.75) is 165 Å².